The van der Waals surface area contributed by atoms with Gasteiger partial charge >= 0.3 is 0 Å². The van der Waals surface area contributed by atoms with Crippen molar-refractivity contribution in [2.24, 2.45) is 5.92 Å². The molecule has 32 heavy (non-hydrogen) atoms. The molecule has 1 atom stereocenters. The van der Waals surface area contributed by atoms with E-state index in [0.29, 0.717) is 36.4 Å². The first kappa shape index (κ1) is 24.2. The third-order valence-corrected chi connectivity index (χ3v) is 8.79. The molecule has 11 heteroatoms. The molecule has 2 aromatic rings. The van der Waals surface area contributed by atoms with Crippen molar-refractivity contribution in [1.82, 2.24) is 9.03 Å². The van der Waals surface area contributed by atoms with Gasteiger partial charge in [-0.05, 0) is 68.8 Å². The van der Waals surface area contributed by atoms with Crippen molar-refractivity contribution in [3.05, 3.63) is 48.0 Å². The number of hydrogen-bond acceptors (Lipinski definition) is 6. The van der Waals surface area contributed by atoms with Crippen molar-refractivity contribution in [3.63, 3.8) is 0 Å². The summed E-state index contributed by atoms with van der Waals surface area (Å²) in [7, 11) is -4.60. The highest BCUT2D eigenvalue weighted by Gasteiger charge is 2.33. The number of sulfonamides is 2. The minimum Gasteiger partial charge on any atom is -0.497 e. The molecule has 1 aliphatic rings. The number of rotatable bonds is 7. The first-order chi connectivity index (χ1) is 15.1. The summed E-state index contributed by atoms with van der Waals surface area (Å²) >= 11 is 0. The van der Waals surface area contributed by atoms with Crippen LogP contribution in [0.25, 0.3) is 0 Å². The molecule has 0 bridgehead atoms. The number of anilines is 1. The number of nitrogens with zero attached hydrogens (tertiary/aromatic N) is 1. The van der Waals surface area contributed by atoms with Crippen LogP contribution in [0.3, 0.4) is 0 Å². The molecule has 0 aliphatic carbocycles. The molecule has 1 heterocycles. The lowest BCUT2D eigenvalue weighted by atomic mass is 9.98. The van der Waals surface area contributed by atoms with Gasteiger partial charge in [0.15, 0.2) is 0 Å². The zero-order chi connectivity index (χ0) is 23.5. The molecule has 1 saturated heterocycles. The summed E-state index contributed by atoms with van der Waals surface area (Å²) in [6, 6.07) is 10.6. The molecule has 2 N–H and O–H groups in total. The summed E-state index contributed by atoms with van der Waals surface area (Å²) in [6.07, 6.45) is 1.08. The molecule has 1 amide bonds. The number of piperidine rings is 1. The second-order valence-corrected chi connectivity index (χ2v) is 11.4. The van der Waals surface area contributed by atoms with Gasteiger partial charge in [-0.15, -0.1) is 0 Å². The van der Waals surface area contributed by atoms with E-state index in [4.69, 9.17) is 4.74 Å². The zero-order valence-corrected chi connectivity index (χ0v) is 19.8. The number of methoxy groups -OCH3 is 1. The number of carbonyl (C=O) groups is 1. The maximum absolute atomic E-state index is 13.0. The number of ether oxygens (including phenoxy) is 1. The number of benzene rings is 2. The van der Waals surface area contributed by atoms with Crippen molar-refractivity contribution in [3.8, 4) is 5.75 Å². The quantitative estimate of drug-likeness (QED) is 0.623. The number of hydrogen-bond donors (Lipinski definition) is 2. The van der Waals surface area contributed by atoms with E-state index < -0.39 is 26.0 Å². The van der Waals surface area contributed by atoms with Gasteiger partial charge in [0, 0.05) is 18.8 Å². The Morgan fingerprint density at radius 1 is 1.06 bits per heavy atom. The Kier molecular flexibility index (Phi) is 7.23. The van der Waals surface area contributed by atoms with Gasteiger partial charge in [-0.3, -0.25) is 4.79 Å². The molecule has 0 spiro atoms. The van der Waals surface area contributed by atoms with Crippen LogP contribution in [0.5, 0.6) is 5.75 Å². The molecule has 3 rings (SSSR count). The molecular formula is C21H27N3O6S2. The summed E-state index contributed by atoms with van der Waals surface area (Å²) in [4.78, 5) is 13.1. The Labute approximate surface area is 188 Å². The fourth-order valence-corrected chi connectivity index (χ4v) is 5.81. The van der Waals surface area contributed by atoms with Crippen molar-refractivity contribution < 1.29 is 26.4 Å². The van der Waals surface area contributed by atoms with E-state index in [0.717, 1.165) is 0 Å². The van der Waals surface area contributed by atoms with E-state index in [1.807, 2.05) is 0 Å². The topological polar surface area (TPSA) is 122 Å². The Morgan fingerprint density at radius 3 is 2.34 bits per heavy atom. The average Bonchev–Trinajstić information content (AvgIpc) is 2.80. The fraction of sp³-hybridized carbons (Fsp3) is 0.381. The SMILES string of the molecule is CNS(=O)(=O)c1ccc(C)c(NC(=O)C2CCCN(S(=O)(=O)c3ccc(OC)cc3)C2)c1. The van der Waals surface area contributed by atoms with E-state index in [2.05, 4.69) is 10.0 Å². The normalized spacial score (nSPS) is 17.7. The van der Waals surface area contributed by atoms with Crippen LogP contribution in [0, 0.1) is 12.8 Å². The molecule has 174 valence electrons. The van der Waals surface area contributed by atoms with Gasteiger partial charge in [-0.2, -0.15) is 4.31 Å². The highest BCUT2D eigenvalue weighted by Crippen LogP contribution is 2.27. The van der Waals surface area contributed by atoms with Gasteiger partial charge in [-0.25, -0.2) is 21.6 Å². The maximum atomic E-state index is 13.0. The Bertz CT molecular complexity index is 1190. The van der Waals surface area contributed by atoms with Crippen LogP contribution in [0.1, 0.15) is 18.4 Å². The van der Waals surface area contributed by atoms with Crippen LogP contribution >= 0.6 is 0 Å². The van der Waals surface area contributed by atoms with Crippen molar-refractivity contribution in [1.29, 1.82) is 0 Å². The van der Waals surface area contributed by atoms with Gasteiger partial charge in [0.1, 0.15) is 5.75 Å². The van der Waals surface area contributed by atoms with Crippen LogP contribution in [0.2, 0.25) is 0 Å². The molecule has 0 saturated carbocycles. The average molecular weight is 482 g/mol. The standard InChI is InChI=1S/C21H27N3O6S2/c1-15-6-9-19(31(26,27)22-2)13-20(15)23-21(25)16-5-4-12-24(14-16)32(28,29)18-10-7-17(30-3)8-11-18/h6-11,13,16,22H,4-5,12,14H2,1-3H3,(H,23,25). The number of carbonyl (C=O) groups excluding carboxylic acids is 1. The van der Waals surface area contributed by atoms with E-state index in [1.165, 1.54) is 42.7 Å². The molecule has 1 fully saturated rings. The number of nitrogens with one attached hydrogen (secondary N) is 2. The third-order valence-electron chi connectivity index (χ3n) is 5.50. The van der Waals surface area contributed by atoms with Crippen LogP contribution in [-0.2, 0) is 24.8 Å². The van der Waals surface area contributed by atoms with E-state index in [9.17, 15) is 21.6 Å². The van der Waals surface area contributed by atoms with Gasteiger partial charge in [0.05, 0.1) is 22.8 Å². The van der Waals surface area contributed by atoms with Crippen LogP contribution in [-0.4, -0.2) is 54.3 Å². The number of amides is 1. The second-order valence-electron chi connectivity index (χ2n) is 7.55. The first-order valence-electron chi connectivity index (χ1n) is 10.1. The molecule has 1 unspecified atom stereocenters. The molecule has 0 aromatic heterocycles. The Balaban J connectivity index is 1.77. The van der Waals surface area contributed by atoms with Crippen molar-refractivity contribution in [2.75, 3.05) is 32.6 Å². The zero-order valence-electron chi connectivity index (χ0n) is 18.2. The van der Waals surface area contributed by atoms with Crippen LogP contribution in [0.15, 0.2) is 52.3 Å². The van der Waals surface area contributed by atoms with E-state index in [-0.39, 0.29) is 22.2 Å². The molecule has 9 nitrogen and oxygen atoms in total. The van der Waals surface area contributed by atoms with E-state index >= 15 is 0 Å². The largest absolute Gasteiger partial charge is 0.497 e. The lowest BCUT2D eigenvalue weighted by Crippen LogP contribution is -2.43. The summed E-state index contributed by atoms with van der Waals surface area (Å²) in [6.45, 7) is 2.13. The van der Waals surface area contributed by atoms with Gasteiger partial charge in [0.25, 0.3) is 0 Å². The van der Waals surface area contributed by atoms with Crippen LogP contribution < -0.4 is 14.8 Å². The van der Waals surface area contributed by atoms with Gasteiger partial charge in [0.2, 0.25) is 26.0 Å². The van der Waals surface area contributed by atoms with Crippen LogP contribution in [0.4, 0.5) is 5.69 Å². The summed E-state index contributed by atoms with van der Waals surface area (Å²) in [5.74, 6) is -0.347. The fourth-order valence-electron chi connectivity index (χ4n) is 3.53. The molecule has 1 aliphatic heterocycles. The molecule has 0 radical (unpaired) electrons. The minimum absolute atomic E-state index is 0.0354. The maximum Gasteiger partial charge on any atom is 0.243 e. The Morgan fingerprint density at radius 2 is 1.72 bits per heavy atom. The second kappa shape index (κ2) is 9.57. The highest BCUT2D eigenvalue weighted by atomic mass is 32.2. The van der Waals surface area contributed by atoms with Gasteiger partial charge < -0.3 is 10.1 Å². The van der Waals surface area contributed by atoms with E-state index in [1.54, 1.807) is 25.1 Å². The first-order valence-corrected chi connectivity index (χ1v) is 13.0. The minimum atomic E-state index is -3.75. The highest BCUT2D eigenvalue weighted by molar-refractivity contribution is 7.89. The molecule has 2 aromatic carbocycles. The Hall–Kier alpha value is -2.47. The lowest BCUT2D eigenvalue weighted by molar-refractivity contribution is -0.120. The number of aryl methyl sites for hydroxylation is 1. The monoisotopic (exact) mass is 481 g/mol. The predicted molar refractivity (Wildman–Crippen MR) is 121 cm³/mol. The van der Waals surface area contributed by atoms with Gasteiger partial charge in [-0.1, -0.05) is 6.07 Å². The van der Waals surface area contributed by atoms with Crippen molar-refractivity contribution >= 4 is 31.6 Å². The summed E-state index contributed by atoms with van der Waals surface area (Å²) < 4.78 is 58.9. The predicted octanol–water partition coefficient (Wildman–Crippen LogP) is 1.95. The summed E-state index contributed by atoms with van der Waals surface area (Å²) in [5.41, 5.74) is 1.08. The molecular weight excluding hydrogens is 454 g/mol. The van der Waals surface area contributed by atoms with Crippen molar-refractivity contribution in [2.45, 2.75) is 29.6 Å². The summed E-state index contributed by atoms with van der Waals surface area (Å²) in [5, 5.41) is 2.77. The third kappa shape index (κ3) is 5.12. The lowest BCUT2D eigenvalue weighted by Gasteiger charge is -2.31. The smallest absolute Gasteiger partial charge is 0.243 e.